The van der Waals surface area contributed by atoms with E-state index in [0.717, 1.165) is 4.68 Å². The van der Waals surface area contributed by atoms with E-state index in [-0.39, 0.29) is 24.8 Å². The van der Waals surface area contributed by atoms with Gasteiger partial charge in [0.05, 0.1) is 6.26 Å². The Balaban J connectivity index is 1.65. The smallest absolute Gasteiger partial charge is 0.351 e. The van der Waals surface area contributed by atoms with Crippen LogP contribution in [-0.4, -0.2) is 57.5 Å². The Hall–Kier alpha value is -2.77. The molecule has 1 fully saturated rings. The first-order chi connectivity index (χ1) is 14.7. The minimum Gasteiger partial charge on any atom is -0.360 e. The SMILES string of the molecule is Cc1cc(NC(=O)Cn2nc(C3CCCN(S(C)(=O)=O)C3)n(-c3cccs3)c2=O)no1. The number of carbonyl (C=O) groups excluding carboxylic acids is 1. The number of hydrogen-bond acceptors (Lipinski definition) is 8. The molecule has 0 bridgehead atoms. The molecule has 0 spiro atoms. The average Bonchev–Trinajstić information content (AvgIpc) is 3.43. The highest BCUT2D eigenvalue weighted by molar-refractivity contribution is 7.88. The molecule has 11 nitrogen and oxygen atoms in total. The van der Waals surface area contributed by atoms with E-state index in [9.17, 15) is 18.0 Å². The number of amides is 1. The molecule has 13 heteroatoms. The van der Waals surface area contributed by atoms with E-state index in [2.05, 4.69) is 15.6 Å². The van der Waals surface area contributed by atoms with Crippen LogP contribution in [0.2, 0.25) is 0 Å². The van der Waals surface area contributed by atoms with Crippen LogP contribution in [0, 0.1) is 6.92 Å². The minimum atomic E-state index is -3.35. The lowest BCUT2D eigenvalue weighted by molar-refractivity contribution is -0.117. The molecule has 0 radical (unpaired) electrons. The van der Waals surface area contributed by atoms with Crippen LogP contribution >= 0.6 is 11.3 Å². The second kappa shape index (κ2) is 8.40. The van der Waals surface area contributed by atoms with Gasteiger partial charge >= 0.3 is 5.69 Å². The van der Waals surface area contributed by atoms with Crippen molar-refractivity contribution in [3.63, 3.8) is 0 Å². The molecule has 166 valence electrons. The Kier molecular flexibility index (Phi) is 5.81. The number of piperidine rings is 1. The van der Waals surface area contributed by atoms with Crippen LogP contribution in [0.3, 0.4) is 0 Å². The van der Waals surface area contributed by atoms with Crippen molar-refractivity contribution in [2.75, 3.05) is 24.7 Å². The van der Waals surface area contributed by atoms with Crippen molar-refractivity contribution < 1.29 is 17.7 Å². The third-order valence-corrected chi connectivity index (χ3v) is 7.12. The number of hydrogen-bond donors (Lipinski definition) is 1. The second-order valence-corrected chi connectivity index (χ2v) is 10.3. The number of nitrogens with zero attached hydrogens (tertiary/aromatic N) is 5. The van der Waals surface area contributed by atoms with Crippen LogP contribution in [-0.2, 0) is 21.4 Å². The first-order valence-corrected chi connectivity index (χ1v) is 12.4. The molecular weight excluding hydrogens is 444 g/mol. The van der Waals surface area contributed by atoms with E-state index in [1.165, 1.54) is 26.5 Å². The Morgan fingerprint density at radius 1 is 1.42 bits per heavy atom. The van der Waals surface area contributed by atoms with E-state index in [1.807, 2.05) is 11.4 Å². The van der Waals surface area contributed by atoms with Crippen molar-refractivity contribution in [3.8, 4) is 5.00 Å². The van der Waals surface area contributed by atoms with Crippen LogP contribution < -0.4 is 11.0 Å². The van der Waals surface area contributed by atoms with Crippen LogP contribution in [0.4, 0.5) is 5.82 Å². The Morgan fingerprint density at radius 2 is 2.23 bits per heavy atom. The molecule has 4 rings (SSSR count). The highest BCUT2D eigenvalue weighted by Gasteiger charge is 2.32. The molecule has 1 N–H and O–H groups in total. The van der Waals surface area contributed by atoms with Crippen molar-refractivity contribution in [1.29, 1.82) is 0 Å². The van der Waals surface area contributed by atoms with E-state index in [1.54, 1.807) is 19.1 Å². The predicted molar refractivity (Wildman–Crippen MR) is 114 cm³/mol. The van der Waals surface area contributed by atoms with Crippen molar-refractivity contribution >= 4 is 33.1 Å². The normalized spacial score (nSPS) is 17.7. The van der Waals surface area contributed by atoms with E-state index in [0.29, 0.717) is 36.0 Å². The quantitative estimate of drug-likeness (QED) is 0.577. The fourth-order valence-electron chi connectivity index (χ4n) is 3.59. The van der Waals surface area contributed by atoms with Gasteiger partial charge < -0.3 is 9.84 Å². The van der Waals surface area contributed by atoms with Crippen molar-refractivity contribution in [1.82, 2.24) is 23.8 Å². The molecule has 3 aromatic rings. The molecule has 31 heavy (non-hydrogen) atoms. The van der Waals surface area contributed by atoms with Crippen LogP contribution in [0.5, 0.6) is 0 Å². The number of aryl methyl sites for hydroxylation is 1. The first-order valence-electron chi connectivity index (χ1n) is 9.64. The summed E-state index contributed by atoms with van der Waals surface area (Å²) in [6.07, 6.45) is 2.53. The summed E-state index contributed by atoms with van der Waals surface area (Å²) in [6, 6.07) is 5.17. The number of sulfonamides is 1. The second-order valence-electron chi connectivity index (χ2n) is 7.42. The zero-order valence-electron chi connectivity index (χ0n) is 17.0. The molecule has 4 heterocycles. The molecule has 1 aliphatic heterocycles. The van der Waals surface area contributed by atoms with E-state index >= 15 is 0 Å². The van der Waals surface area contributed by atoms with E-state index < -0.39 is 21.6 Å². The van der Waals surface area contributed by atoms with Gasteiger partial charge in [-0.3, -0.25) is 4.79 Å². The number of aromatic nitrogens is 4. The van der Waals surface area contributed by atoms with Gasteiger partial charge in [0.25, 0.3) is 0 Å². The number of anilines is 1. The summed E-state index contributed by atoms with van der Waals surface area (Å²) in [5.74, 6) is 0.514. The zero-order valence-corrected chi connectivity index (χ0v) is 18.6. The number of nitrogens with one attached hydrogen (secondary N) is 1. The summed E-state index contributed by atoms with van der Waals surface area (Å²) in [7, 11) is -3.35. The number of thiophene rings is 1. The van der Waals surface area contributed by atoms with Crippen molar-refractivity contribution in [2.24, 2.45) is 0 Å². The average molecular weight is 467 g/mol. The molecule has 0 aromatic carbocycles. The van der Waals surface area contributed by atoms with Gasteiger partial charge in [-0.15, -0.1) is 11.3 Å². The van der Waals surface area contributed by atoms with Gasteiger partial charge in [-0.05, 0) is 37.3 Å². The molecule has 3 aromatic heterocycles. The number of carbonyl (C=O) groups is 1. The maximum Gasteiger partial charge on any atom is 0.351 e. The lowest BCUT2D eigenvalue weighted by Crippen LogP contribution is -2.39. The van der Waals surface area contributed by atoms with Gasteiger partial charge in [0.1, 0.15) is 23.1 Å². The molecule has 0 saturated carbocycles. The largest absolute Gasteiger partial charge is 0.360 e. The Bertz CT molecular complexity index is 1240. The predicted octanol–water partition coefficient (Wildman–Crippen LogP) is 1.17. The molecule has 1 aliphatic rings. The molecule has 0 aliphatic carbocycles. The standard InChI is InChI=1S/C18H22N6O5S2/c1-12-9-14(21-29-12)19-15(25)11-23-18(26)24(16-6-4-8-30-16)17(20-23)13-5-3-7-22(10-13)31(2,27)28/h4,6,8-9,13H,3,5,7,10-11H2,1-2H3,(H,19,21,25). The molecule has 1 saturated heterocycles. The van der Waals surface area contributed by atoms with E-state index in [4.69, 9.17) is 4.52 Å². The highest BCUT2D eigenvalue weighted by Crippen LogP contribution is 2.28. The van der Waals surface area contributed by atoms with Gasteiger partial charge in [0, 0.05) is 25.1 Å². The summed E-state index contributed by atoms with van der Waals surface area (Å²) in [5, 5.41) is 13.2. The van der Waals surface area contributed by atoms with Gasteiger partial charge in [-0.2, -0.15) is 5.10 Å². The lowest BCUT2D eigenvalue weighted by Gasteiger charge is -2.30. The Labute approximate surface area is 182 Å². The van der Waals surface area contributed by atoms with Crippen LogP contribution in [0.1, 0.15) is 30.3 Å². The first kappa shape index (κ1) is 21.5. The number of rotatable bonds is 6. The third-order valence-electron chi connectivity index (χ3n) is 5.00. The third kappa shape index (κ3) is 4.62. The minimum absolute atomic E-state index is 0.241. The van der Waals surface area contributed by atoms with Gasteiger partial charge in [0.2, 0.25) is 15.9 Å². The lowest BCUT2D eigenvalue weighted by atomic mass is 9.99. The summed E-state index contributed by atoms with van der Waals surface area (Å²) < 4.78 is 33.0. The summed E-state index contributed by atoms with van der Waals surface area (Å²) in [6.45, 7) is 2.08. The van der Waals surface area contributed by atoms with Crippen molar-refractivity contribution in [3.05, 3.63) is 45.6 Å². The summed E-state index contributed by atoms with van der Waals surface area (Å²) >= 11 is 1.37. The van der Waals surface area contributed by atoms with Crippen LogP contribution in [0.15, 0.2) is 32.9 Å². The maximum absolute atomic E-state index is 13.1. The molecule has 1 amide bonds. The molecule has 1 unspecified atom stereocenters. The highest BCUT2D eigenvalue weighted by atomic mass is 32.2. The van der Waals surface area contributed by atoms with Crippen LogP contribution in [0.25, 0.3) is 5.00 Å². The maximum atomic E-state index is 13.1. The molecule has 1 atom stereocenters. The fraction of sp³-hybridized carbons (Fsp3) is 0.444. The van der Waals surface area contributed by atoms with Gasteiger partial charge in [-0.25, -0.2) is 26.8 Å². The zero-order chi connectivity index (χ0) is 22.2. The van der Waals surface area contributed by atoms with Gasteiger partial charge in [0.15, 0.2) is 5.82 Å². The van der Waals surface area contributed by atoms with Crippen molar-refractivity contribution in [2.45, 2.75) is 32.2 Å². The van der Waals surface area contributed by atoms with Gasteiger partial charge in [-0.1, -0.05) is 5.16 Å². The summed E-state index contributed by atoms with van der Waals surface area (Å²) in [4.78, 5) is 25.5. The topological polar surface area (TPSA) is 132 Å². The molecular formula is C18H22N6O5S2. The Morgan fingerprint density at radius 3 is 2.87 bits per heavy atom. The fourth-order valence-corrected chi connectivity index (χ4v) is 5.24. The monoisotopic (exact) mass is 466 g/mol. The summed E-state index contributed by atoms with van der Waals surface area (Å²) in [5.41, 5.74) is -0.458.